The minimum absolute atomic E-state index is 0.343. The van der Waals surface area contributed by atoms with E-state index in [1.165, 1.54) is 18.2 Å². The highest BCUT2D eigenvalue weighted by molar-refractivity contribution is 5.52. The van der Waals surface area contributed by atoms with Crippen LogP contribution in [0.25, 0.3) is 0 Å². The van der Waals surface area contributed by atoms with Crippen LogP contribution >= 0.6 is 0 Å². The number of nitrogens with two attached hydrogens (primary N) is 1. The Hall–Kier alpha value is -1.73. The third-order valence-electron chi connectivity index (χ3n) is 1.89. The van der Waals surface area contributed by atoms with Gasteiger partial charge in [0.15, 0.2) is 0 Å². The molecule has 86 valence electrons. The second-order valence-electron chi connectivity index (χ2n) is 3.67. The van der Waals surface area contributed by atoms with Crippen molar-refractivity contribution < 1.29 is 9.13 Å². The number of hydrogen-bond acceptors (Lipinski definition) is 2. The molecule has 0 aromatic heterocycles. The van der Waals surface area contributed by atoms with E-state index in [9.17, 15) is 4.39 Å². The van der Waals surface area contributed by atoms with Crippen molar-refractivity contribution in [1.29, 1.82) is 0 Å². The molecule has 0 unspecified atom stereocenters. The van der Waals surface area contributed by atoms with E-state index < -0.39 is 0 Å². The number of benzene rings is 1. The third kappa shape index (κ3) is 4.20. The van der Waals surface area contributed by atoms with Crippen LogP contribution in [0.4, 0.5) is 10.1 Å². The van der Waals surface area contributed by atoms with Gasteiger partial charge in [-0.1, -0.05) is 0 Å². The van der Waals surface area contributed by atoms with E-state index in [1.807, 2.05) is 19.9 Å². The van der Waals surface area contributed by atoms with Gasteiger partial charge in [-0.2, -0.15) is 0 Å². The molecule has 0 fully saturated rings. The Morgan fingerprint density at radius 3 is 2.94 bits per heavy atom. The first-order valence-corrected chi connectivity index (χ1v) is 5.16. The van der Waals surface area contributed by atoms with Crippen molar-refractivity contribution in [3.8, 4) is 5.75 Å². The molecule has 0 aliphatic carbocycles. The Morgan fingerprint density at radius 1 is 1.50 bits per heavy atom. The summed E-state index contributed by atoms with van der Waals surface area (Å²) in [4.78, 5) is 0. The van der Waals surface area contributed by atoms with Gasteiger partial charge >= 0.3 is 0 Å². The van der Waals surface area contributed by atoms with Crippen molar-refractivity contribution in [2.45, 2.75) is 20.3 Å². The molecule has 0 amide bonds. The summed E-state index contributed by atoms with van der Waals surface area (Å²) in [6.07, 6.45) is 2.62. The zero-order valence-electron chi connectivity index (χ0n) is 9.59. The van der Waals surface area contributed by atoms with Gasteiger partial charge in [-0.15, -0.1) is 5.73 Å². The number of hydrogen-bond donors (Lipinski definition) is 1. The molecule has 1 aromatic carbocycles. The van der Waals surface area contributed by atoms with Gasteiger partial charge in [0.1, 0.15) is 11.6 Å². The van der Waals surface area contributed by atoms with Crippen LogP contribution in [0.2, 0.25) is 0 Å². The highest BCUT2D eigenvalue weighted by atomic mass is 19.1. The van der Waals surface area contributed by atoms with E-state index in [-0.39, 0.29) is 5.82 Å². The first-order valence-electron chi connectivity index (χ1n) is 5.16. The SMILES string of the molecule is CC(C)=C=CCCOc1cc(F)ccc1N. The number of halogens is 1. The van der Waals surface area contributed by atoms with Gasteiger partial charge in [-0.3, -0.25) is 0 Å². The van der Waals surface area contributed by atoms with Crippen LogP contribution in [0.3, 0.4) is 0 Å². The lowest BCUT2D eigenvalue weighted by Crippen LogP contribution is -1.99. The topological polar surface area (TPSA) is 35.2 Å². The fourth-order valence-corrected chi connectivity index (χ4v) is 1.14. The molecule has 0 heterocycles. The van der Waals surface area contributed by atoms with Crippen molar-refractivity contribution in [1.82, 2.24) is 0 Å². The number of ether oxygens (including phenoxy) is 1. The Bertz CT molecular complexity index is 416. The van der Waals surface area contributed by atoms with E-state index >= 15 is 0 Å². The average molecular weight is 221 g/mol. The molecule has 0 aliphatic rings. The number of rotatable bonds is 4. The van der Waals surface area contributed by atoms with Gasteiger partial charge < -0.3 is 10.5 Å². The van der Waals surface area contributed by atoms with E-state index in [4.69, 9.17) is 10.5 Å². The summed E-state index contributed by atoms with van der Waals surface area (Å²) in [7, 11) is 0. The van der Waals surface area contributed by atoms with E-state index in [0.717, 1.165) is 12.0 Å². The first kappa shape index (κ1) is 12.3. The largest absolute Gasteiger partial charge is 0.491 e. The van der Waals surface area contributed by atoms with Crippen LogP contribution in [-0.2, 0) is 0 Å². The van der Waals surface area contributed by atoms with Crippen LogP contribution < -0.4 is 10.5 Å². The zero-order valence-corrected chi connectivity index (χ0v) is 9.59. The summed E-state index contributed by atoms with van der Waals surface area (Å²) in [6, 6.07) is 4.10. The van der Waals surface area contributed by atoms with Crippen LogP contribution in [-0.4, -0.2) is 6.61 Å². The lowest BCUT2D eigenvalue weighted by atomic mass is 10.3. The van der Waals surface area contributed by atoms with Crippen LogP contribution in [0.1, 0.15) is 20.3 Å². The molecule has 1 aromatic rings. The smallest absolute Gasteiger partial charge is 0.145 e. The highest BCUT2D eigenvalue weighted by Gasteiger charge is 2.00. The average Bonchev–Trinajstić information content (AvgIpc) is 2.22. The molecule has 0 aliphatic heterocycles. The standard InChI is InChI=1S/C13H16FNO/c1-10(2)5-3-4-8-16-13-9-11(14)6-7-12(13)15/h3,6-7,9H,4,8,15H2,1-2H3. The van der Waals surface area contributed by atoms with Gasteiger partial charge in [0, 0.05) is 12.5 Å². The zero-order chi connectivity index (χ0) is 12.0. The normalized spacial score (nSPS) is 9.44. The molecule has 1 rings (SSSR count). The number of anilines is 1. The summed E-state index contributed by atoms with van der Waals surface area (Å²) in [6.45, 7) is 4.41. The maximum absolute atomic E-state index is 12.9. The molecule has 16 heavy (non-hydrogen) atoms. The molecular weight excluding hydrogens is 205 g/mol. The summed E-state index contributed by atoms with van der Waals surface area (Å²) in [5, 5.41) is 0. The quantitative estimate of drug-likeness (QED) is 0.481. The lowest BCUT2D eigenvalue weighted by molar-refractivity contribution is 0.325. The van der Waals surface area contributed by atoms with Gasteiger partial charge in [0.05, 0.1) is 12.3 Å². The van der Waals surface area contributed by atoms with Crippen LogP contribution in [0, 0.1) is 5.82 Å². The van der Waals surface area contributed by atoms with Gasteiger partial charge in [0.25, 0.3) is 0 Å². The Kier molecular flexibility index (Phi) is 4.62. The van der Waals surface area contributed by atoms with Gasteiger partial charge in [0.2, 0.25) is 0 Å². The molecular formula is C13H16FNO. The predicted molar refractivity (Wildman–Crippen MR) is 63.9 cm³/mol. The summed E-state index contributed by atoms with van der Waals surface area (Å²) >= 11 is 0. The molecule has 0 spiro atoms. The van der Waals surface area contributed by atoms with Crippen molar-refractivity contribution in [3.05, 3.63) is 41.4 Å². The molecule has 3 heteroatoms. The monoisotopic (exact) mass is 221 g/mol. The van der Waals surface area contributed by atoms with Crippen molar-refractivity contribution in [2.24, 2.45) is 0 Å². The molecule has 0 bridgehead atoms. The predicted octanol–water partition coefficient (Wildman–Crippen LogP) is 3.30. The molecule has 2 nitrogen and oxygen atoms in total. The summed E-state index contributed by atoms with van der Waals surface area (Å²) in [5.74, 6) is 0.0506. The first-order chi connectivity index (χ1) is 7.59. The fraction of sp³-hybridized carbons (Fsp3) is 0.308. The summed E-state index contributed by atoms with van der Waals surface area (Å²) < 4.78 is 18.2. The minimum Gasteiger partial charge on any atom is -0.491 e. The van der Waals surface area contributed by atoms with Crippen molar-refractivity contribution in [3.63, 3.8) is 0 Å². The maximum Gasteiger partial charge on any atom is 0.145 e. The Morgan fingerprint density at radius 2 is 2.25 bits per heavy atom. The van der Waals surface area contributed by atoms with E-state index in [0.29, 0.717) is 18.0 Å². The van der Waals surface area contributed by atoms with Gasteiger partial charge in [-0.25, -0.2) is 4.39 Å². The minimum atomic E-state index is -0.343. The molecule has 0 radical (unpaired) electrons. The maximum atomic E-state index is 12.9. The number of nitrogen functional groups attached to an aromatic ring is 1. The summed E-state index contributed by atoms with van der Waals surface area (Å²) in [5.41, 5.74) is 10.3. The molecule has 2 N–H and O–H groups in total. The molecule has 0 saturated heterocycles. The highest BCUT2D eigenvalue weighted by Crippen LogP contribution is 2.21. The second kappa shape index (κ2) is 5.99. The molecule has 0 saturated carbocycles. The van der Waals surface area contributed by atoms with Crippen molar-refractivity contribution >= 4 is 5.69 Å². The van der Waals surface area contributed by atoms with E-state index in [1.54, 1.807) is 0 Å². The van der Waals surface area contributed by atoms with Crippen LogP contribution in [0.5, 0.6) is 5.75 Å². The fourth-order valence-electron chi connectivity index (χ4n) is 1.14. The Labute approximate surface area is 95.2 Å². The van der Waals surface area contributed by atoms with Gasteiger partial charge in [-0.05, 0) is 37.6 Å². The lowest BCUT2D eigenvalue weighted by Gasteiger charge is -2.06. The second-order valence-corrected chi connectivity index (χ2v) is 3.67. The Balaban J connectivity index is 2.49. The van der Waals surface area contributed by atoms with E-state index in [2.05, 4.69) is 5.73 Å². The van der Waals surface area contributed by atoms with Crippen LogP contribution in [0.15, 0.2) is 35.6 Å². The van der Waals surface area contributed by atoms with Crippen molar-refractivity contribution in [2.75, 3.05) is 12.3 Å². The third-order valence-corrected chi connectivity index (χ3v) is 1.89. The molecule has 0 atom stereocenters.